The molecule has 1 fully saturated rings. The third-order valence-corrected chi connectivity index (χ3v) is 9.35. The first-order valence-electron chi connectivity index (χ1n) is 15.6. The summed E-state index contributed by atoms with van der Waals surface area (Å²) in [4.78, 5) is 66.1. The van der Waals surface area contributed by atoms with Crippen molar-refractivity contribution in [3.05, 3.63) is 129 Å². The van der Waals surface area contributed by atoms with Gasteiger partial charge in [-0.15, -0.1) is 4.79 Å². The summed E-state index contributed by atoms with van der Waals surface area (Å²) < 4.78 is 40.4. The normalized spacial score (nSPS) is 18.2. The van der Waals surface area contributed by atoms with Crippen LogP contribution in [0.1, 0.15) is 23.6 Å². The van der Waals surface area contributed by atoms with Gasteiger partial charge in [0.15, 0.2) is 5.70 Å². The van der Waals surface area contributed by atoms with Crippen molar-refractivity contribution in [3.8, 4) is 0 Å². The fourth-order valence-corrected chi connectivity index (χ4v) is 6.85. The number of rotatable bonds is 14. The van der Waals surface area contributed by atoms with E-state index in [0.29, 0.717) is 11.1 Å². The molecular formula is C34H31N5O12S. The molecule has 4 atom stereocenters. The molecule has 0 bridgehead atoms. The predicted octanol–water partition coefficient (Wildman–Crippen LogP) is 3.71. The fraction of sp³-hybridized carbons (Fsp3) is 0.265. The lowest BCUT2D eigenvalue weighted by atomic mass is 9.91. The second-order valence-electron chi connectivity index (χ2n) is 11.2. The van der Waals surface area contributed by atoms with Gasteiger partial charge in [-0.05, 0) is 35.7 Å². The number of hydrogen-bond acceptors (Lipinski definition) is 12. The number of amides is 2. The zero-order valence-corrected chi connectivity index (χ0v) is 28.3. The van der Waals surface area contributed by atoms with Crippen LogP contribution in [0.25, 0.3) is 5.53 Å². The quantitative estimate of drug-likeness (QED) is 0.0288. The number of nitrogens with one attached hydrogen (secondary N) is 1. The largest absolute Gasteiger partial charge is 0.604 e. The van der Waals surface area contributed by atoms with Gasteiger partial charge in [-0.2, -0.15) is 0 Å². The molecule has 2 amide bonds. The molecular weight excluding hydrogens is 702 g/mol. The van der Waals surface area contributed by atoms with E-state index in [1.165, 1.54) is 31.2 Å². The molecule has 1 unspecified atom stereocenters. The summed E-state index contributed by atoms with van der Waals surface area (Å²) in [6.07, 6.45) is -3.20. The number of benzene rings is 3. The Labute approximate surface area is 299 Å². The first kappa shape index (κ1) is 37.0. The SMILES string of the molecule is CC(OC(=O)OCc1ccc([N+](=O)[O-])cc1)[C@H]1C(=O)N2C(C(=O)OCc3ccccc3)=C(OCCNC(=O)OCc3ccccc3)C(=[N+]=[N-])[S@+]([O-])[C@@H]12. The highest BCUT2D eigenvalue weighted by Crippen LogP contribution is 2.44. The molecule has 1 N–H and O–H groups in total. The number of esters is 1. The van der Waals surface area contributed by atoms with E-state index in [1.807, 2.05) is 6.07 Å². The molecule has 3 aromatic carbocycles. The van der Waals surface area contributed by atoms with Gasteiger partial charge in [0, 0.05) is 12.1 Å². The Morgan fingerprint density at radius 3 is 2.10 bits per heavy atom. The van der Waals surface area contributed by atoms with Crippen LogP contribution in [0.4, 0.5) is 15.3 Å². The van der Waals surface area contributed by atoms with Gasteiger partial charge in [0.25, 0.3) is 11.4 Å². The van der Waals surface area contributed by atoms with Gasteiger partial charge in [0.2, 0.25) is 11.3 Å². The van der Waals surface area contributed by atoms with Gasteiger partial charge < -0.3 is 39.1 Å². The summed E-state index contributed by atoms with van der Waals surface area (Å²) >= 11 is -2.32. The van der Waals surface area contributed by atoms with Crippen molar-refractivity contribution in [2.24, 2.45) is 5.92 Å². The molecule has 5 rings (SSSR count). The maximum absolute atomic E-state index is 13.7. The highest BCUT2D eigenvalue weighted by Gasteiger charge is 2.68. The van der Waals surface area contributed by atoms with Crippen LogP contribution in [-0.4, -0.2) is 73.0 Å². The molecule has 2 aliphatic heterocycles. The molecule has 270 valence electrons. The lowest BCUT2D eigenvalue weighted by molar-refractivity contribution is -0.384. The van der Waals surface area contributed by atoms with Gasteiger partial charge in [-0.25, -0.2) is 14.4 Å². The number of nitro groups is 1. The number of nitro benzene ring substituents is 1. The van der Waals surface area contributed by atoms with Crippen molar-refractivity contribution < 1.29 is 57.1 Å². The molecule has 2 heterocycles. The summed E-state index contributed by atoms with van der Waals surface area (Å²) in [5, 5.41) is 11.4. The Morgan fingerprint density at radius 1 is 0.923 bits per heavy atom. The number of carbonyl (C=O) groups is 4. The lowest BCUT2D eigenvalue weighted by Gasteiger charge is -2.47. The standard InChI is InChI=1S/C34H31N5O12S/c1-21(51-34(43)50-20-24-12-14-25(15-13-24)39(44)45)26-30(40)38-27(32(41)48-18-22-8-4-2-5-9-22)28(29(37-35)52(46)31(26)38)47-17-16-36-33(42)49-19-23-10-6-3-7-11-23/h2-15,21,26,31H,16-20H2,1H3,(H,36,42)/t21?,26-,31-,52-/m0/s1. The topological polar surface area (TPSA) is 232 Å². The van der Waals surface area contributed by atoms with E-state index < -0.39 is 74.1 Å². The Kier molecular flexibility index (Phi) is 12.2. The third-order valence-electron chi connectivity index (χ3n) is 7.76. The summed E-state index contributed by atoms with van der Waals surface area (Å²) in [5.41, 5.74) is 11.1. The van der Waals surface area contributed by atoms with Crippen LogP contribution in [0.2, 0.25) is 0 Å². The molecule has 2 aliphatic rings. The Bertz CT molecular complexity index is 1890. The minimum Gasteiger partial charge on any atom is -0.604 e. The molecule has 18 heteroatoms. The maximum Gasteiger partial charge on any atom is 0.529 e. The van der Waals surface area contributed by atoms with Gasteiger partial charge >= 0.3 is 23.3 Å². The van der Waals surface area contributed by atoms with Gasteiger partial charge in [0.1, 0.15) is 49.6 Å². The first-order valence-corrected chi connectivity index (χ1v) is 16.9. The van der Waals surface area contributed by atoms with Crippen LogP contribution in [0, 0.1) is 16.0 Å². The van der Waals surface area contributed by atoms with Crippen LogP contribution in [-0.2, 0) is 64.3 Å². The lowest BCUT2D eigenvalue weighted by Crippen LogP contribution is -2.70. The van der Waals surface area contributed by atoms with E-state index in [1.54, 1.807) is 54.6 Å². The van der Waals surface area contributed by atoms with Gasteiger partial charge in [-0.3, -0.25) is 19.8 Å². The Hall–Kier alpha value is -6.23. The zero-order valence-electron chi connectivity index (χ0n) is 27.4. The molecule has 52 heavy (non-hydrogen) atoms. The van der Waals surface area contributed by atoms with Crippen molar-refractivity contribution in [1.82, 2.24) is 10.2 Å². The number of hydrogen-bond donors (Lipinski definition) is 1. The van der Waals surface area contributed by atoms with Crippen molar-refractivity contribution in [1.29, 1.82) is 0 Å². The Morgan fingerprint density at radius 2 is 1.50 bits per heavy atom. The molecule has 0 spiro atoms. The monoisotopic (exact) mass is 733 g/mol. The van der Waals surface area contributed by atoms with Crippen LogP contribution in [0.5, 0.6) is 0 Å². The van der Waals surface area contributed by atoms with E-state index >= 15 is 0 Å². The second kappa shape index (κ2) is 17.1. The number of ether oxygens (including phenoxy) is 5. The molecule has 3 aromatic rings. The van der Waals surface area contributed by atoms with Crippen LogP contribution < -0.4 is 5.32 Å². The van der Waals surface area contributed by atoms with E-state index in [2.05, 4.69) is 10.1 Å². The summed E-state index contributed by atoms with van der Waals surface area (Å²) in [6.45, 7) is 0.350. The smallest absolute Gasteiger partial charge is 0.529 e. The predicted molar refractivity (Wildman–Crippen MR) is 179 cm³/mol. The number of fused-ring (bicyclic) bond motifs is 1. The molecule has 0 aromatic heterocycles. The van der Waals surface area contributed by atoms with E-state index in [0.717, 1.165) is 10.5 Å². The number of carbonyl (C=O) groups excluding carboxylic acids is 4. The number of nitrogens with zero attached hydrogens (tertiary/aromatic N) is 4. The zero-order chi connectivity index (χ0) is 37.2. The average molecular weight is 734 g/mol. The molecule has 17 nitrogen and oxygen atoms in total. The molecule has 0 radical (unpaired) electrons. The van der Waals surface area contributed by atoms with Crippen LogP contribution >= 0.6 is 0 Å². The minimum atomic E-state index is -2.32. The average Bonchev–Trinajstić information content (AvgIpc) is 3.15. The molecule has 0 aliphatic carbocycles. The van der Waals surface area contributed by atoms with Gasteiger partial charge in [-0.1, -0.05) is 60.7 Å². The van der Waals surface area contributed by atoms with Gasteiger partial charge in [0.05, 0.1) is 11.5 Å². The summed E-state index contributed by atoms with van der Waals surface area (Å²) in [7, 11) is 0. The number of β-lactam (4-membered cyclic amide) rings is 1. The second-order valence-corrected chi connectivity index (χ2v) is 12.7. The van der Waals surface area contributed by atoms with E-state index in [4.69, 9.17) is 23.7 Å². The van der Waals surface area contributed by atoms with Crippen molar-refractivity contribution in [2.45, 2.75) is 38.2 Å². The van der Waals surface area contributed by atoms with Crippen molar-refractivity contribution in [3.63, 3.8) is 0 Å². The summed E-state index contributed by atoms with van der Waals surface area (Å²) in [5.74, 6) is -3.64. The molecule has 1 saturated heterocycles. The number of alkyl carbamates (subject to hydrolysis) is 1. The first-order chi connectivity index (χ1) is 25.1. The minimum absolute atomic E-state index is 0.00958. The number of non-ortho nitro benzene ring substituents is 1. The van der Waals surface area contributed by atoms with E-state index in [9.17, 15) is 39.4 Å². The highest BCUT2D eigenvalue weighted by atomic mass is 32.2. The van der Waals surface area contributed by atoms with Crippen LogP contribution in [0.15, 0.2) is 96.4 Å². The van der Waals surface area contributed by atoms with Crippen LogP contribution in [0.3, 0.4) is 0 Å². The van der Waals surface area contributed by atoms with Crippen molar-refractivity contribution >= 4 is 46.0 Å². The fourth-order valence-electron chi connectivity index (χ4n) is 5.20. The van der Waals surface area contributed by atoms with E-state index in [-0.39, 0.29) is 38.7 Å². The maximum atomic E-state index is 13.7. The third kappa shape index (κ3) is 8.73. The van der Waals surface area contributed by atoms with Crippen molar-refractivity contribution in [2.75, 3.05) is 13.2 Å². The molecule has 0 saturated carbocycles. The Balaban J connectivity index is 1.27. The highest BCUT2D eigenvalue weighted by molar-refractivity contribution is 8.07. The summed E-state index contributed by atoms with van der Waals surface area (Å²) in [6, 6.07) is 22.8.